The van der Waals surface area contributed by atoms with Crippen molar-refractivity contribution < 1.29 is 4.79 Å². The van der Waals surface area contributed by atoms with Crippen molar-refractivity contribution in [2.75, 3.05) is 26.2 Å². The number of carbonyl (C=O) groups is 1. The third kappa shape index (κ3) is 5.90. The van der Waals surface area contributed by atoms with Crippen LogP contribution in [0.25, 0.3) is 17.1 Å². The van der Waals surface area contributed by atoms with Gasteiger partial charge < -0.3 is 10.2 Å². The summed E-state index contributed by atoms with van der Waals surface area (Å²) in [7, 11) is 0. The van der Waals surface area contributed by atoms with E-state index >= 15 is 0 Å². The molecule has 1 aliphatic rings. The van der Waals surface area contributed by atoms with Gasteiger partial charge >= 0.3 is 0 Å². The molecule has 0 atom stereocenters. The fourth-order valence-corrected chi connectivity index (χ4v) is 5.85. The highest BCUT2D eigenvalue weighted by atomic mass is 35.5. The number of hydrogen-bond donors (Lipinski definition) is 1. The molecule has 0 radical (unpaired) electrons. The molecule has 5 rings (SSSR count). The molecule has 1 amide bonds. The number of rotatable bonds is 9. The molecule has 0 spiro atoms. The molecule has 1 N–H and O–H groups in total. The van der Waals surface area contributed by atoms with Gasteiger partial charge in [-0.15, -0.1) is 21.5 Å². The van der Waals surface area contributed by atoms with E-state index in [1.165, 1.54) is 35.9 Å². The number of hydrogen-bond acceptors (Lipinski definition) is 8. The van der Waals surface area contributed by atoms with E-state index in [0.29, 0.717) is 34.0 Å². The second kappa shape index (κ2) is 11.3. The summed E-state index contributed by atoms with van der Waals surface area (Å²) in [4.78, 5) is 23.6. The van der Waals surface area contributed by atoms with Crippen molar-refractivity contribution in [3.63, 3.8) is 0 Å². The summed E-state index contributed by atoms with van der Waals surface area (Å²) in [5.74, 6) is 1.12. The summed E-state index contributed by atoms with van der Waals surface area (Å²) >= 11 is 9.25. The first-order valence-electron chi connectivity index (χ1n) is 11.4. The molecule has 0 aliphatic carbocycles. The van der Waals surface area contributed by atoms with Gasteiger partial charge in [-0.1, -0.05) is 29.4 Å². The van der Waals surface area contributed by atoms with Crippen LogP contribution in [-0.2, 0) is 5.75 Å². The smallest absolute Gasteiger partial charge is 0.270 e. The third-order valence-corrected chi connectivity index (χ3v) is 7.85. The number of halogens is 1. The van der Waals surface area contributed by atoms with Crippen LogP contribution >= 0.6 is 34.7 Å². The number of nitrogens with zero attached hydrogens (tertiary/aromatic N) is 6. The van der Waals surface area contributed by atoms with Gasteiger partial charge in [-0.05, 0) is 56.3 Å². The highest BCUT2D eigenvalue weighted by Gasteiger charge is 2.18. The maximum Gasteiger partial charge on any atom is 0.270 e. The topological polar surface area (TPSA) is 88.8 Å². The maximum atomic E-state index is 12.5. The number of thioether (sulfide) groups is 1. The number of thiazole rings is 1. The molecule has 3 aromatic heterocycles. The Kier molecular flexibility index (Phi) is 7.72. The number of nitrogens with one attached hydrogen (secondary N) is 1. The van der Waals surface area contributed by atoms with Gasteiger partial charge in [0.25, 0.3) is 5.91 Å². The lowest BCUT2D eigenvalue weighted by atomic mass is 10.2. The Balaban J connectivity index is 1.28. The molecule has 4 heterocycles. The SMILES string of the molecule is O=C(NCCN1CCCC1)c1csc(CSc2nnc(-c3cccnc3)n2-c2cccc(Cl)c2)n1. The van der Waals surface area contributed by atoms with Gasteiger partial charge in [0.15, 0.2) is 11.0 Å². The normalized spacial score (nSPS) is 13.9. The highest BCUT2D eigenvalue weighted by molar-refractivity contribution is 7.98. The summed E-state index contributed by atoms with van der Waals surface area (Å²) in [6.45, 7) is 3.77. The fraction of sp³-hybridized carbons (Fsp3) is 0.292. The summed E-state index contributed by atoms with van der Waals surface area (Å²) < 4.78 is 1.97. The van der Waals surface area contributed by atoms with Crippen LogP contribution in [0.2, 0.25) is 5.02 Å². The number of pyridine rings is 1. The van der Waals surface area contributed by atoms with Crippen LogP contribution in [0.1, 0.15) is 28.3 Å². The largest absolute Gasteiger partial charge is 0.349 e. The van der Waals surface area contributed by atoms with Crippen molar-refractivity contribution in [2.45, 2.75) is 23.8 Å². The molecule has 1 aliphatic heterocycles. The zero-order valence-electron chi connectivity index (χ0n) is 18.9. The summed E-state index contributed by atoms with van der Waals surface area (Å²) in [6, 6.07) is 11.4. The maximum absolute atomic E-state index is 12.5. The second-order valence-corrected chi connectivity index (χ2v) is 10.4. The minimum atomic E-state index is -0.127. The lowest BCUT2D eigenvalue weighted by Gasteiger charge is -2.14. The summed E-state index contributed by atoms with van der Waals surface area (Å²) in [5, 5.41) is 15.8. The standard InChI is InChI=1S/C24H24ClN7OS2/c25-18-6-3-7-19(13-18)32-22(17-5-4-8-26-14-17)29-30-24(32)35-16-21-28-20(15-34-21)23(33)27-9-12-31-10-1-2-11-31/h3-8,13-15H,1-2,9-12,16H2,(H,27,33). The van der Waals surface area contributed by atoms with Crippen molar-refractivity contribution in [1.29, 1.82) is 0 Å². The molecule has 4 aromatic rings. The van der Waals surface area contributed by atoms with E-state index in [9.17, 15) is 4.79 Å². The van der Waals surface area contributed by atoms with E-state index in [2.05, 4.69) is 30.4 Å². The van der Waals surface area contributed by atoms with Crippen LogP contribution in [0, 0.1) is 0 Å². The summed E-state index contributed by atoms with van der Waals surface area (Å²) in [5.41, 5.74) is 2.18. The van der Waals surface area contributed by atoms with Crippen molar-refractivity contribution >= 4 is 40.6 Å². The van der Waals surface area contributed by atoms with Gasteiger partial charge in [0.2, 0.25) is 0 Å². The lowest BCUT2D eigenvalue weighted by Crippen LogP contribution is -2.33. The Bertz CT molecular complexity index is 1290. The van der Waals surface area contributed by atoms with E-state index in [0.717, 1.165) is 35.9 Å². The van der Waals surface area contributed by atoms with E-state index in [4.69, 9.17) is 11.6 Å². The Morgan fingerprint density at radius 3 is 2.86 bits per heavy atom. The van der Waals surface area contributed by atoms with Gasteiger partial charge in [0, 0.05) is 41.4 Å². The molecule has 35 heavy (non-hydrogen) atoms. The minimum Gasteiger partial charge on any atom is -0.349 e. The van der Waals surface area contributed by atoms with E-state index in [1.54, 1.807) is 12.4 Å². The fourth-order valence-electron chi connectivity index (χ4n) is 3.93. The van der Waals surface area contributed by atoms with Crippen molar-refractivity contribution in [2.24, 2.45) is 0 Å². The van der Waals surface area contributed by atoms with E-state index in [-0.39, 0.29) is 5.91 Å². The van der Waals surface area contributed by atoms with Crippen LogP contribution in [-0.4, -0.2) is 61.7 Å². The van der Waals surface area contributed by atoms with Crippen LogP contribution in [0.15, 0.2) is 59.3 Å². The molecule has 0 saturated carbocycles. The average molecular weight is 526 g/mol. The Morgan fingerprint density at radius 1 is 1.17 bits per heavy atom. The lowest BCUT2D eigenvalue weighted by molar-refractivity contribution is 0.0945. The molecule has 1 aromatic carbocycles. The second-order valence-electron chi connectivity index (χ2n) is 8.08. The monoisotopic (exact) mass is 525 g/mol. The van der Waals surface area contributed by atoms with Crippen LogP contribution in [0.3, 0.4) is 0 Å². The Morgan fingerprint density at radius 2 is 2.06 bits per heavy atom. The van der Waals surface area contributed by atoms with Crippen molar-refractivity contribution in [1.82, 2.24) is 34.9 Å². The van der Waals surface area contributed by atoms with Gasteiger partial charge in [-0.2, -0.15) is 0 Å². The summed E-state index contributed by atoms with van der Waals surface area (Å²) in [6.07, 6.45) is 5.97. The Hall–Kier alpha value is -2.79. The van der Waals surface area contributed by atoms with E-state index < -0.39 is 0 Å². The van der Waals surface area contributed by atoms with Gasteiger partial charge in [0.1, 0.15) is 10.7 Å². The quantitative estimate of drug-likeness (QED) is 0.320. The third-order valence-electron chi connectivity index (χ3n) is 5.64. The van der Waals surface area contributed by atoms with Crippen LogP contribution < -0.4 is 5.32 Å². The van der Waals surface area contributed by atoms with Crippen molar-refractivity contribution in [3.05, 3.63) is 69.9 Å². The number of aromatic nitrogens is 5. The first-order valence-corrected chi connectivity index (χ1v) is 13.6. The molecule has 8 nitrogen and oxygen atoms in total. The molecule has 0 unspecified atom stereocenters. The number of benzene rings is 1. The first kappa shape index (κ1) is 23.9. The molecule has 0 bridgehead atoms. The average Bonchev–Trinajstić information content (AvgIpc) is 3.64. The molecule has 1 saturated heterocycles. The molecule has 1 fully saturated rings. The van der Waals surface area contributed by atoms with Crippen LogP contribution in [0.4, 0.5) is 0 Å². The minimum absolute atomic E-state index is 0.127. The van der Waals surface area contributed by atoms with Gasteiger partial charge in [-0.3, -0.25) is 14.3 Å². The number of likely N-dealkylation sites (tertiary alicyclic amines) is 1. The molecular weight excluding hydrogens is 502 g/mol. The van der Waals surface area contributed by atoms with Gasteiger partial charge in [-0.25, -0.2) is 4.98 Å². The number of amides is 1. The molecule has 11 heteroatoms. The number of carbonyl (C=O) groups excluding carboxylic acids is 1. The Labute approximate surface area is 216 Å². The van der Waals surface area contributed by atoms with Crippen molar-refractivity contribution in [3.8, 4) is 17.1 Å². The highest BCUT2D eigenvalue weighted by Crippen LogP contribution is 2.31. The first-order chi connectivity index (χ1) is 17.2. The van der Waals surface area contributed by atoms with E-state index in [1.807, 2.05) is 46.3 Å². The predicted molar refractivity (Wildman–Crippen MR) is 139 cm³/mol. The zero-order valence-corrected chi connectivity index (χ0v) is 21.3. The zero-order chi connectivity index (χ0) is 24.0. The van der Waals surface area contributed by atoms with Crippen LogP contribution in [0.5, 0.6) is 0 Å². The predicted octanol–water partition coefficient (Wildman–Crippen LogP) is 4.56. The molecular formula is C24H24ClN7OS2. The molecule has 180 valence electrons. The van der Waals surface area contributed by atoms with Gasteiger partial charge in [0.05, 0.1) is 11.4 Å².